The number of hydrogen-bond donors (Lipinski definition) is 2. The molecule has 0 radical (unpaired) electrons. The summed E-state index contributed by atoms with van der Waals surface area (Å²) in [6.07, 6.45) is 1.11. The van der Waals surface area contributed by atoms with E-state index in [1.807, 2.05) is 25.1 Å². The Kier molecular flexibility index (Phi) is 3.22. The van der Waals surface area contributed by atoms with Gasteiger partial charge in [0.2, 0.25) is 5.91 Å². The standard InChI is InChI=1S/C17H16N2O2/c1-10-3-2-4-13(16(10)18)17(21)12-5-7-14-11(9-12)6-8-15(20)19-14/h2-5,7,9H,6,8,18H2,1H3,(H,19,20). The summed E-state index contributed by atoms with van der Waals surface area (Å²) in [6, 6.07) is 10.8. The van der Waals surface area contributed by atoms with Crippen molar-refractivity contribution in [2.45, 2.75) is 19.8 Å². The van der Waals surface area contributed by atoms with Crippen LogP contribution in [-0.2, 0) is 11.2 Å². The van der Waals surface area contributed by atoms with Gasteiger partial charge in [0, 0.05) is 28.9 Å². The van der Waals surface area contributed by atoms with Crippen molar-refractivity contribution in [1.29, 1.82) is 0 Å². The fourth-order valence-electron chi connectivity index (χ4n) is 2.56. The average Bonchev–Trinajstić information content (AvgIpc) is 2.49. The van der Waals surface area contributed by atoms with Crippen LogP contribution in [0.1, 0.15) is 33.5 Å². The number of benzene rings is 2. The molecule has 1 aliphatic rings. The highest BCUT2D eigenvalue weighted by Gasteiger charge is 2.18. The Bertz CT molecular complexity index is 750. The lowest BCUT2D eigenvalue weighted by atomic mass is 9.95. The van der Waals surface area contributed by atoms with Crippen LogP contribution < -0.4 is 11.1 Å². The topological polar surface area (TPSA) is 72.2 Å². The summed E-state index contributed by atoms with van der Waals surface area (Å²) in [5.41, 5.74) is 10.3. The maximum absolute atomic E-state index is 12.6. The fourth-order valence-corrected chi connectivity index (χ4v) is 2.56. The zero-order valence-corrected chi connectivity index (χ0v) is 11.8. The Morgan fingerprint density at radius 2 is 2.00 bits per heavy atom. The van der Waals surface area contributed by atoms with Gasteiger partial charge in [0.1, 0.15) is 0 Å². The van der Waals surface area contributed by atoms with Gasteiger partial charge in [-0.1, -0.05) is 12.1 Å². The molecule has 4 nitrogen and oxygen atoms in total. The molecule has 0 spiro atoms. The van der Waals surface area contributed by atoms with Gasteiger partial charge in [-0.2, -0.15) is 0 Å². The largest absolute Gasteiger partial charge is 0.398 e. The number of nitrogen functional groups attached to an aromatic ring is 1. The molecule has 0 atom stereocenters. The highest BCUT2D eigenvalue weighted by atomic mass is 16.1. The molecular formula is C17H16N2O2. The summed E-state index contributed by atoms with van der Waals surface area (Å²) in [4.78, 5) is 24.0. The van der Waals surface area contributed by atoms with Gasteiger partial charge in [0.25, 0.3) is 0 Å². The fraction of sp³-hybridized carbons (Fsp3) is 0.176. The Morgan fingerprint density at radius 1 is 1.19 bits per heavy atom. The smallest absolute Gasteiger partial charge is 0.224 e. The number of fused-ring (bicyclic) bond motifs is 1. The number of nitrogens with two attached hydrogens (primary N) is 1. The van der Waals surface area contributed by atoms with Gasteiger partial charge in [-0.15, -0.1) is 0 Å². The monoisotopic (exact) mass is 280 g/mol. The van der Waals surface area contributed by atoms with Crippen LogP contribution in [0.4, 0.5) is 11.4 Å². The minimum absolute atomic E-state index is 0.0181. The maximum atomic E-state index is 12.6. The van der Waals surface area contributed by atoms with Gasteiger partial charge in [0.05, 0.1) is 0 Å². The zero-order chi connectivity index (χ0) is 15.0. The van der Waals surface area contributed by atoms with E-state index in [2.05, 4.69) is 5.32 Å². The van der Waals surface area contributed by atoms with Crippen molar-refractivity contribution >= 4 is 23.1 Å². The Morgan fingerprint density at radius 3 is 2.81 bits per heavy atom. The molecule has 0 saturated heterocycles. The third-order valence-corrected chi connectivity index (χ3v) is 3.83. The first-order valence-corrected chi connectivity index (χ1v) is 6.89. The number of rotatable bonds is 2. The minimum Gasteiger partial charge on any atom is -0.398 e. The van der Waals surface area contributed by atoms with E-state index in [-0.39, 0.29) is 11.7 Å². The predicted octanol–water partition coefficient (Wildman–Crippen LogP) is 2.69. The van der Waals surface area contributed by atoms with E-state index < -0.39 is 0 Å². The van der Waals surface area contributed by atoms with Crippen molar-refractivity contribution in [2.24, 2.45) is 0 Å². The quantitative estimate of drug-likeness (QED) is 0.656. The summed E-state index contributed by atoms with van der Waals surface area (Å²) in [5, 5.41) is 2.81. The van der Waals surface area contributed by atoms with Crippen LogP contribution >= 0.6 is 0 Å². The number of aryl methyl sites for hydroxylation is 2. The number of para-hydroxylation sites is 1. The van der Waals surface area contributed by atoms with Crippen molar-refractivity contribution in [1.82, 2.24) is 0 Å². The molecule has 1 aliphatic heterocycles. The third-order valence-electron chi connectivity index (χ3n) is 3.83. The van der Waals surface area contributed by atoms with E-state index in [4.69, 9.17) is 5.73 Å². The number of amides is 1. The van der Waals surface area contributed by atoms with Crippen LogP contribution in [0.2, 0.25) is 0 Å². The van der Waals surface area contributed by atoms with Crippen LogP contribution in [0.15, 0.2) is 36.4 Å². The molecule has 0 fully saturated rings. The average molecular weight is 280 g/mol. The van der Waals surface area contributed by atoms with Crippen molar-refractivity contribution < 1.29 is 9.59 Å². The minimum atomic E-state index is -0.0871. The van der Waals surface area contributed by atoms with Crippen molar-refractivity contribution in [3.63, 3.8) is 0 Å². The van der Waals surface area contributed by atoms with E-state index in [9.17, 15) is 9.59 Å². The van der Waals surface area contributed by atoms with Gasteiger partial charge in [-0.05, 0) is 48.7 Å². The molecule has 1 amide bonds. The molecule has 0 aromatic heterocycles. The molecule has 2 aromatic rings. The summed E-state index contributed by atoms with van der Waals surface area (Å²) in [7, 11) is 0. The molecule has 0 saturated carbocycles. The second-order valence-corrected chi connectivity index (χ2v) is 5.29. The Hall–Kier alpha value is -2.62. The van der Waals surface area contributed by atoms with Crippen molar-refractivity contribution in [3.05, 3.63) is 58.7 Å². The summed E-state index contributed by atoms with van der Waals surface area (Å²) in [6.45, 7) is 1.88. The van der Waals surface area contributed by atoms with Gasteiger partial charge in [-0.3, -0.25) is 9.59 Å². The molecule has 0 aliphatic carbocycles. The highest BCUT2D eigenvalue weighted by molar-refractivity contribution is 6.12. The first-order valence-electron chi connectivity index (χ1n) is 6.89. The van der Waals surface area contributed by atoms with Gasteiger partial charge >= 0.3 is 0 Å². The molecule has 106 valence electrons. The van der Waals surface area contributed by atoms with Crippen LogP contribution in [0.3, 0.4) is 0 Å². The van der Waals surface area contributed by atoms with Crippen LogP contribution in [0, 0.1) is 6.92 Å². The van der Waals surface area contributed by atoms with E-state index in [1.54, 1.807) is 18.2 Å². The Balaban J connectivity index is 1.99. The molecular weight excluding hydrogens is 264 g/mol. The molecule has 21 heavy (non-hydrogen) atoms. The van der Waals surface area contributed by atoms with Crippen LogP contribution in [-0.4, -0.2) is 11.7 Å². The lowest BCUT2D eigenvalue weighted by molar-refractivity contribution is -0.116. The van der Waals surface area contributed by atoms with Crippen LogP contribution in [0.25, 0.3) is 0 Å². The number of hydrogen-bond acceptors (Lipinski definition) is 3. The molecule has 0 unspecified atom stereocenters. The summed E-state index contributed by atoms with van der Waals surface area (Å²) < 4.78 is 0. The first kappa shape index (κ1) is 13.4. The van der Waals surface area contributed by atoms with Gasteiger partial charge in [0.15, 0.2) is 5.78 Å². The highest BCUT2D eigenvalue weighted by Crippen LogP contribution is 2.26. The van der Waals surface area contributed by atoms with Crippen molar-refractivity contribution in [2.75, 3.05) is 11.1 Å². The number of ketones is 1. The third kappa shape index (κ3) is 2.40. The number of carbonyl (C=O) groups excluding carboxylic acids is 2. The number of carbonyl (C=O) groups is 2. The molecule has 0 bridgehead atoms. The maximum Gasteiger partial charge on any atom is 0.224 e. The predicted molar refractivity (Wildman–Crippen MR) is 82.4 cm³/mol. The Labute approximate surface area is 123 Å². The van der Waals surface area contributed by atoms with E-state index in [1.165, 1.54) is 0 Å². The van der Waals surface area contributed by atoms with Crippen molar-refractivity contribution in [3.8, 4) is 0 Å². The molecule has 4 heteroatoms. The first-order chi connectivity index (χ1) is 10.1. The lowest BCUT2D eigenvalue weighted by Crippen LogP contribution is -2.19. The molecule has 2 aromatic carbocycles. The normalized spacial score (nSPS) is 13.5. The van der Waals surface area contributed by atoms with Gasteiger partial charge in [-0.25, -0.2) is 0 Å². The number of anilines is 2. The van der Waals surface area contributed by atoms with E-state index in [0.29, 0.717) is 29.7 Å². The number of nitrogens with one attached hydrogen (secondary N) is 1. The van der Waals surface area contributed by atoms with Gasteiger partial charge < -0.3 is 11.1 Å². The molecule has 3 N–H and O–H groups in total. The SMILES string of the molecule is Cc1cccc(C(=O)c2ccc3c(c2)CCC(=O)N3)c1N. The zero-order valence-electron chi connectivity index (χ0n) is 11.8. The second kappa shape index (κ2) is 5.05. The second-order valence-electron chi connectivity index (χ2n) is 5.29. The summed E-state index contributed by atoms with van der Waals surface area (Å²) in [5.74, 6) is -0.0691. The van der Waals surface area contributed by atoms with E-state index in [0.717, 1.165) is 16.8 Å². The molecule has 3 rings (SSSR count). The summed E-state index contributed by atoms with van der Waals surface area (Å²) >= 11 is 0. The van der Waals surface area contributed by atoms with Crippen LogP contribution in [0.5, 0.6) is 0 Å². The van der Waals surface area contributed by atoms with E-state index >= 15 is 0 Å². The molecule has 1 heterocycles. The lowest BCUT2D eigenvalue weighted by Gasteiger charge is -2.17.